The molecule has 0 aliphatic rings. The molecule has 154 valence electrons. The summed E-state index contributed by atoms with van der Waals surface area (Å²) >= 11 is 0. The first-order valence-corrected chi connectivity index (χ1v) is 9.51. The predicted molar refractivity (Wildman–Crippen MR) is 116 cm³/mol. The number of pyridine rings is 1. The van der Waals surface area contributed by atoms with Crippen LogP contribution in [0.2, 0.25) is 0 Å². The molecule has 0 aliphatic heterocycles. The Hall–Kier alpha value is -3.71. The van der Waals surface area contributed by atoms with Gasteiger partial charge in [-0.1, -0.05) is 42.5 Å². The predicted octanol–water partition coefficient (Wildman–Crippen LogP) is 2.85. The van der Waals surface area contributed by atoms with Gasteiger partial charge in [0.2, 0.25) is 5.91 Å². The number of benzene rings is 2. The molecule has 3 N–H and O–H groups in total. The highest BCUT2D eigenvalue weighted by molar-refractivity contribution is 6.03. The van der Waals surface area contributed by atoms with Crippen LogP contribution in [0.1, 0.15) is 16.1 Å². The zero-order valence-electron chi connectivity index (χ0n) is 16.9. The highest BCUT2D eigenvalue weighted by Gasteiger charge is 2.16. The fourth-order valence-electron chi connectivity index (χ4n) is 2.93. The van der Waals surface area contributed by atoms with E-state index in [-0.39, 0.29) is 24.1 Å². The summed E-state index contributed by atoms with van der Waals surface area (Å²) in [4.78, 5) is 28.9. The molecule has 0 bridgehead atoms. The van der Waals surface area contributed by atoms with Crippen molar-refractivity contribution in [3.8, 4) is 16.9 Å². The molecule has 1 heterocycles. The number of ether oxygens (including phenoxy) is 1. The van der Waals surface area contributed by atoms with Crippen molar-refractivity contribution in [3.63, 3.8) is 0 Å². The molecule has 0 saturated carbocycles. The van der Waals surface area contributed by atoms with Gasteiger partial charge in [0, 0.05) is 25.4 Å². The second-order valence-electron chi connectivity index (χ2n) is 6.57. The molecule has 2 amide bonds. The number of amides is 2. The monoisotopic (exact) mass is 404 g/mol. The number of nitrogens with one attached hydrogen (secondary N) is 3. The maximum Gasteiger partial charge on any atom is 0.271 e. The Morgan fingerprint density at radius 1 is 1.00 bits per heavy atom. The SMILES string of the molecule is CNC(=O)c1ncc(-c2cccc(OC)c2)cc1NC(=O)CNCc1ccccc1. The van der Waals surface area contributed by atoms with Gasteiger partial charge in [0.1, 0.15) is 5.75 Å². The molecule has 0 atom stereocenters. The third-order valence-electron chi connectivity index (χ3n) is 4.46. The maximum absolute atomic E-state index is 12.5. The Labute approximate surface area is 175 Å². The van der Waals surface area contributed by atoms with Gasteiger partial charge in [-0.3, -0.25) is 9.59 Å². The Morgan fingerprint density at radius 2 is 1.80 bits per heavy atom. The Kier molecular flexibility index (Phi) is 7.13. The van der Waals surface area contributed by atoms with Crippen molar-refractivity contribution in [2.75, 3.05) is 26.0 Å². The van der Waals surface area contributed by atoms with Crippen LogP contribution in [0.4, 0.5) is 5.69 Å². The number of carbonyl (C=O) groups is 2. The van der Waals surface area contributed by atoms with Gasteiger partial charge in [-0.25, -0.2) is 4.98 Å². The van der Waals surface area contributed by atoms with Crippen LogP contribution < -0.4 is 20.7 Å². The average Bonchev–Trinajstić information content (AvgIpc) is 2.79. The Bertz CT molecular complexity index is 1020. The molecule has 30 heavy (non-hydrogen) atoms. The topological polar surface area (TPSA) is 92.3 Å². The van der Waals surface area contributed by atoms with Crippen LogP contribution in [0.15, 0.2) is 66.9 Å². The fourth-order valence-corrected chi connectivity index (χ4v) is 2.93. The maximum atomic E-state index is 12.5. The molecule has 0 spiro atoms. The molecule has 0 fully saturated rings. The number of aromatic nitrogens is 1. The minimum Gasteiger partial charge on any atom is -0.497 e. The van der Waals surface area contributed by atoms with Crippen molar-refractivity contribution in [1.29, 1.82) is 0 Å². The first-order valence-electron chi connectivity index (χ1n) is 9.51. The van der Waals surface area contributed by atoms with Gasteiger partial charge in [0.15, 0.2) is 5.69 Å². The lowest BCUT2D eigenvalue weighted by molar-refractivity contribution is -0.115. The average molecular weight is 404 g/mol. The zero-order chi connectivity index (χ0) is 21.3. The fraction of sp³-hybridized carbons (Fsp3) is 0.174. The van der Waals surface area contributed by atoms with Crippen molar-refractivity contribution in [1.82, 2.24) is 15.6 Å². The van der Waals surface area contributed by atoms with Crippen molar-refractivity contribution in [2.45, 2.75) is 6.54 Å². The second-order valence-corrected chi connectivity index (χ2v) is 6.57. The lowest BCUT2D eigenvalue weighted by atomic mass is 10.1. The summed E-state index contributed by atoms with van der Waals surface area (Å²) in [6.45, 7) is 0.671. The molecule has 0 aliphatic carbocycles. The largest absolute Gasteiger partial charge is 0.497 e. The van der Waals surface area contributed by atoms with Crippen molar-refractivity contribution in [3.05, 3.63) is 78.1 Å². The van der Waals surface area contributed by atoms with Crippen LogP contribution >= 0.6 is 0 Å². The number of hydrogen-bond acceptors (Lipinski definition) is 5. The molecular formula is C23H24N4O3. The number of hydrogen-bond donors (Lipinski definition) is 3. The van der Waals surface area contributed by atoms with Gasteiger partial charge < -0.3 is 20.7 Å². The van der Waals surface area contributed by atoms with E-state index in [1.54, 1.807) is 19.4 Å². The number of nitrogens with zero attached hydrogens (tertiary/aromatic N) is 1. The smallest absolute Gasteiger partial charge is 0.271 e. The van der Waals surface area contributed by atoms with Gasteiger partial charge >= 0.3 is 0 Å². The molecule has 0 radical (unpaired) electrons. The third kappa shape index (κ3) is 5.42. The summed E-state index contributed by atoms with van der Waals surface area (Å²) in [6.07, 6.45) is 1.60. The van der Waals surface area contributed by atoms with Crippen LogP contribution in [-0.2, 0) is 11.3 Å². The Morgan fingerprint density at radius 3 is 2.53 bits per heavy atom. The molecule has 7 heteroatoms. The summed E-state index contributed by atoms with van der Waals surface area (Å²) in [7, 11) is 3.12. The van der Waals surface area contributed by atoms with Crippen LogP contribution in [0, 0.1) is 0 Å². The molecule has 3 aromatic rings. The van der Waals surface area contributed by atoms with Gasteiger partial charge in [-0.15, -0.1) is 0 Å². The number of carbonyl (C=O) groups excluding carboxylic acids is 2. The molecule has 7 nitrogen and oxygen atoms in total. The van der Waals surface area contributed by atoms with E-state index in [1.165, 1.54) is 7.05 Å². The van der Waals surface area contributed by atoms with Gasteiger partial charge in [0.25, 0.3) is 5.91 Å². The van der Waals surface area contributed by atoms with Crippen molar-refractivity contribution < 1.29 is 14.3 Å². The van der Waals surface area contributed by atoms with E-state index in [0.29, 0.717) is 18.0 Å². The van der Waals surface area contributed by atoms with Crippen LogP contribution in [-0.4, -0.2) is 37.5 Å². The van der Waals surface area contributed by atoms with E-state index in [2.05, 4.69) is 20.9 Å². The van der Waals surface area contributed by atoms with E-state index in [4.69, 9.17) is 4.74 Å². The van der Waals surface area contributed by atoms with Crippen LogP contribution in [0.25, 0.3) is 11.1 Å². The molecule has 0 saturated heterocycles. The molecule has 1 aromatic heterocycles. The van der Waals surface area contributed by atoms with Crippen LogP contribution in [0.5, 0.6) is 5.75 Å². The summed E-state index contributed by atoms with van der Waals surface area (Å²) < 4.78 is 5.27. The van der Waals surface area contributed by atoms with E-state index in [1.807, 2.05) is 54.6 Å². The minimum atomic E-state index is -0.375. The number of rotatable bonds is 8. The molecule has 2 aromatic carbocycles. The van der Waals surface area contributed by atoms with Crippen molar-refractivity contribution in [2.24, 2.45) is 0 Å². The summed E-state index contributed by atoms with van der Waals surface area (Å²) in [6, 6.07) is 19.0. The highest BCUT2D eigenvalue weighted by Crippen LogP contribution is 2.27. The summed E-state index contributed by atoms with van der Waals surface area (Å²) in [5.41, 5.74) is 3.21. The first kappa shape index (κ1) is 21.0. The van der Waals surface area contributed by atoms with E-state index in [0.717, 1.165) is 16.7 Å². The van der Waals surface area contributed by atoms with Gasteiger partial charge in [-0.05, 0) is 29.3 Å². The molecular weight excluding hydrogens is 380 g/mol. The van der Waals surface area contributed by atoms with Crippen molar-refractivity contribution >= 4 is 17.5 Å². The van der Waals surface area contributed by atoms with E-state index >= 15 is 0 Å². The summed E-state index contributed by atoms with van der Waals surface area (Å²) in [5.74, 6) is 0.0685. The first-order chi connectivity index (χ1) is 14.6. The third-order valence-corrected chi connectivity index (χ3v) is 4.46. The van der Waals surface area contributed by atoms with E-state index in [9.17, 15) is 9.59 Å². The van der Waals surface area contributed by atoms with E-state index < -0.39 is 0 Å². The molecule has 3 rings (SSSR count). The lowest BCUT2D eigenvalue weighted by Crippen LogP contribution is -2.29. The lowest BCUT2D eigenvalue weighted by Gasteiger charge is -2.13. The standard InChI is InChI=1S/C23H24N4O3/c1-24-23(29)22-20(27-21(28)15-25-13-16-7-4-3-5-8-16)12-18(14-26-22)17-9-6-10-19(11-17)30-2/h3-12,14,25H,13,15H2,1-2H3,(H,24,29)(H,27,28). The number of methoxy groups -OCH3 is 1. The summed E-state index contributed by atoms with van der Waals surface area (Å²) in [5, 5.41) is 8.44. The zero-order valence-corrected chi connectivity index (χ0v) is 16.9. The molecule has 0 unspecified atom stereocenters. The number of anilines is 1. The normalized spacial score (nSPS) is 10.3. The Balaban J connectivity index is 1.76. The van der Waals surface area contributed by atoms with Gasteiger partial charge in [0.05, 0.1) is 19.3 Å². The second kappa shape index (κ2) is 10.2. The van der Waals surface area contributed by atoms with Crippen LogP contribution in [0.3, 0.4) is 0 Å². The minimum absolute atomic E-state index is 0.103. The van der Waals surface area contributed by atoms with Gasteiger partial charge in [-0.2, -0.15) is 0 Å². The highest BCUT2D eigenvalue weighted by atomic mass is 16.5. The quantitative estimate of drug-likeness (QED) is 0.537.